The highest BCUT2D eigenvalue weighted by Gasteiger charge is 2.35. The Morgan fingerprint density at radius 1 is 0.848 bits per heavy atom. The summed E-state index contributed by atoms with van der Waals surface area (Å²) in [5.74, 6) is 0.125. The molecule has 4 rings (SSSR count). The van der Waals surface area contributed by atoms with Gasteiger partial charge in [-0.3, -0.25) is 4.57 Å². The van der Waals surface area contributed by atoms with Gasteiger partial charge in [-0.15, -0.1) is 0 Å². The Balaban J connectivity index is 1.87. The molecule has 0 saturated carbocycles. The first-order valence-electron chi connectivity index (χ1n) is 10.6. The minimum Gasteiger partial charge on any atom is -0.384 e. The van der Waals surface area contributed by atoms with Crippen LogP contribution < -0.4 is 0 Å². The molecule has 0 radical (unpaired) electrons. The van der Waals surface area contributed by atoms with E-state index in [1.807, 2.05) is 38.1 Å². The Kier molecular flexibility index (Phi) is 5.66. The maximum Gasteiger partial charge on any atom is 0.417 e. The van der Waals surface area contributed by atoms with Crippen molar-refractivity contribution in [3.05, 3.63) is 95.3 Å². The van der Waals surface area contributed by atoms with Gasteiger partial charge in [-0.05, 0) is 62.6 Å². The van der Waals surface area contributed by atoms with Crippen LogP contribution in [0.1, 0.15) is 36.2 Å². The Morgan fingerprint density at radius 3 is 2.15 bits per heavy atom. The summed E-state index contributed by atoms with van der Waals surface area (Å²) < 4.78 is 42.8. The van der Waals surface area contributed by atoms with Crippen LogP contribution in [-0.4, -0.2) is 14.7 Å². The minimum absolute atomic E-state index is 0.0425. The number of nitrogens with zero attached hydrogens (tertiary/aromatic N) is 2. The number of aromatic nitrogens is 2. The molecule has 1 N–H and O–H groups in total. The number of alkyl halides is 3. The zero-order valence-electron chi connectivity index (χ0n) is 18.9. The molecule has 33 heavy (non-hydrogen) atoms. The van der Waals surface area contributed by atoms with Gasteiger partial charge in [0, 0.05) is 17.4 Å². The molecule has 0 amide bonds. The monoisotopic (exact) mass is 450 g/mol. The fourth-order valence-electron chi connectivity index (χ4n) is 3.84. The lowest BCUT2D eigenvalue weighted by Crippen LogP contribution is -2.15. The van der Waals surface area contributed by atoms with Gasteiger partial charge in [-0.2, -0.15) is 13.2 Å². The van der Waals surface area contributed by atoms with Gasteiger partial charge in [0.15, 0.2) is 0 Å². The first-order valence-corrected chi connectivity index (χ1v) is 10.6. The molecular formula is C27H25F3N2O. The van der Waals surface area contributed by atoms with E-state index in [0.717, 1.165) is 28.3 Å². The van der Waals surface area contributed by atoms with Gasteiger partial charge < -0.3 is 5.11 Å². The largest absolute Gasteiger partial charge is 0.417 e. The number of hydrogen-bond donors (Lipinski definition) is 1. The maximum absolute atomic E-state index is 13.7. The van der Waals surface area contributed by atoms with Crippen LogP contribution in [0.5, 0.6) is 0 Å². The standard InChI is InChI=1S/C27H25F3N2O/c1-17-9-10-18(2)22(15-17)19-11-13-20(14-12-19)32-16-24(26(3,4)33)31-25(32)21-7-5-6-8-23(21)27(28,29)30/h5-16,33H,1-4H3. The molecule has 3 aromatic carbocycles. The van der Waals surface area contributed by atoms with E-state index < -0.39 is 17.3 Å². The summed E-state index contributed by atoms with van der Waals surface area (Å²) in [7, 11) is 0. The molecular weight excluding hydrogens is 425 g/mol. The van der Waals surface area contributed by atoms with E-state index in [4.69, 9.17) is 0 Å². The van der Waals surface area contributed by atoms with E-state index in [-0.39, 0.29) is 17.1 Å². The van der Waals surface area contributed by atoms with E-state index in [1.54, 1.807) is 30.7 Å². The summed E-state index contributed by atoms with van der Waals surface area (Å²) in [6, 6.07) is 19.2. The highest BCUT2D eigenvalue weighted by Crippen LogP contribution is 2.38. The zero-order chi connectivity index (χ0) is 24.0. The van der Waals surface area contributed by atoms with Gasteiger partial charge in [0.05, 0.1) is 11.3 Å². The fraction of sp³-hybridized carbons (Fsp3) is 0.222. The van der Waals surface area contributed by atoms with Crippen LogP contribution in [0.2, 0.25) is 0 Å². The van der Waals surface area contributed by atoms with Crippen LogP contribution in [0.15, 0.2) is 72.9 Å². The smallest absolute Gasteiger partial charge is 0.384 e. The third-order valence-electron chi connectivity index (χ3n) is 5.66. The summed E-state index contributed by atoms with van der Waals surface area (Å²) in [5.41, 5.74) is 3.21. The van der Waals surface area contributed by atoms with Crippen LogP contribution in [0.4, 0.5) is 13.2 Å². The van der Waals surface area contributed by atoms with Crippen LogP contribution >= 0.6 is 0 Å². The van der Waals surface area contributed by atoms with Crippen molar-refractivity contribution < 1.29 is 18.3 Å². The Bertz CT molecular complexity index is 1300. The average molecular weight is 451 g/mol. The molecule has 0 aliphatic rings. The SMILES string of the molecule is Cc1ccc(C)c(-c2ccc(-n3cc(C(C)(C)O)nc3-c3ccccc3C(F)(F)F)cc2)c1. The first kappa shape index (κ1) is 22.8. The van der Waals surface area contributed by atoms with Gasteiger partial charge in [0.1, 0.15) is 11.4 Å². The van der Waals surface area contributed by atoms with E-state index in [2.05, 4.69) is 23.2 Å². The van der Waals surface area contributed by atoms with E-state index in [9.17, 15) is 18.3 Å². The Labute approximate surface area is 191 Å². The second kappa shape index (κ2) is 8.19. The van der Waals surface area contributed by atoms with Gasteiger partial charge in [-0.1, -0.05) is 54.1 Å². The van der Waals surface area contributed by atoms with E-state index in [1.165, 1.54) is 12.1 Å². The van der Waals surface area contributed by atoms with Crippen LogP contribution in [0.25, 0.3) is 28.2 Å². The molecule has 0 spiro atoms. The lowest BCUT2D eigenvalue weighted by molar-refractivity contribution is -0.137. The quantitative estimate of drug-likeness (QED) is 0.361. The summed E-state index contributed by atoms with van der Waals surface area (Å²) in [4.78, 5) is 4.42. The third kappa shape index (κ3) is 4.57. The maximum atomic E-state index is 13.7. The highest BCUT2D eigenvalue weighted by atomic mass is 19.4. The van der Waals surface area contributed by atoms with E-state index in [0.29, 0.717) is 5.69 Å². The summed E-state index contributed by atoms with van der Waals surface area (Å²) in [6.07, 6.45) is -2.94. The predicted octanol–water partition coefficient (Wildman–Crippen LogP) is 7.07. The molecule has 4 aromatic rings. The molecule has 0 unspecified atom stereocenters. The molecule has 1 heterocycles. The number of rotatable bonds is 4. The van der Waals surface area contributed by atoms with Gasteiger partial charge in [0.25, 0.3) is 0 Å². The number of halogens is 3. The first-order chi connectivity index (χ1) is 15.4. The summed E-state index contributed by atoms with van der Waals surface area (Å²) >= 11 is 0. The van der Waals surface area contributed by atoms with Crippen molar-refractivity contribution in [3.8, 4) is 28.2 Å². The van der Waals surface area contributed by atoms with Crippen molar-refractivity contribution >= 4 is 0 Å². The second-order valence-electron chi connectivity index (χ2n) is 8.79. The fourth-order valence-corrected chi connectivity index (χ4v) is 3.84. The molecule has 0 saturated heterocycles. The minimum atomic E-state index is -4.53. The molecule has 0 bridgehead atoms. The van der Waals surface area contributed by atoms with Gasteiger partial charge in [-0.25, -0.2) is 4.98 Å². The van der Waals surface area contributed by atoms with Crippen LogP contribution in [0.3, 0.4) is 0 Å². The summed E-state index contributed by atoms with van der Waals surface area (Å²) in [5, 5.41) is 10.5. The lowest BCUT2D eigenvalue weighted by Gasteiger charge is -2.14. The lowest BCUT2D eigenvalue weighted by atomic mass is 9.98. The molecule has 1 aromatic heterocycles. The van der Waals surface area contributed by atoms with Crippen LogP contribution in [0, 0.1) is 13.8 Å². The van der Waals surface area contributed by atoms with Crippen molar-refractivity contribution in [1.29, 1.82) is 0 Å². The highest BCUT2D eigenvalue weighted by molar-refractivity contribution is 5.70. The normalized spacial score (nSPS) is 12.2. The van der Waals surface area contributed by atoms with E-state index >= 15 is 0 Å². The van der Waals surface area contributed by atoms with Crippen molar-refractivity contribution in [1.82, 2.24) is 9.55 Å². The molecule has 0 aliphatic carbocycles. The third-order valence-corrected chi connectivity index (χ3v) is 5.66. The zero-order valence-corrected chi connectivity index (χ0v) is 18.9. The number of aryl methyl sites for hydroxylation is 2. The summed E-state index contributed by atoms with van der Waals surface area (Å²) in [6.45, 7) is 7.19. The Morgan fingerprint density at radius 2 is 1.52 bits per heavy atom. The van der Waals surface area contributed by atoms with Gasteiger partial charge >= 0.3 is 6.18 Å². The number of aliphatic hydroxyl groups is 1. The average Bonchev–Trinajstić information content (AvgIpc) is 3.21. The molecule has 0 fully saturated rings. The number of imidazole rings is 1. The molecule has 0 atom stereocenters. The second-order valence-corrected chi connectivity index (χ2v) is 8.79. The topological polar surface area (TPSA) is 38.0 Å². The molecule has 6 heteroatoms. The molecule has 170 valence electrons. The van der Waals surface area contributed by atoms with Gasteiger partial charge in [0.2, 0.25) is 0 Å². The Hall–Kier alpha value is -3.38. The number of hydrogen-bond acceptors (Lipinski definition) is 2. The molecule has 3 nitrogen and oxygen atoms in total. The van der Waals surface area contributed by atoms with Crippen molar-refractivity contribution in [2.24, 2.45) is 0 Å². The predicted molar refractivity (Wildman–Crippen MR) is 124 cm³/mol. The van der Waals surface area contributed by atoms with Crippen molar-refractivity contribution in [2.45, 2.75) is 39.5 Å². The van der Waals surface area contributed by atoms with Crippen molar-refractivity contribution in [2.75, 3.05) is 0 Å². The molecule has 0 aliphatic heterocycles. The van der Waals surface area contributed by atoms with Crippen LogP contribution in [-0.2, 0) is 11.8 Å². The number of benzene rings is 3. The van der Waals surface area contributed by atoms with Crippen molar-refractivity contribution in [3.63, 3.8) is 0 Å².